The maximum Gasteiger partial charge on any atom is 0.322 e. The Bertz CT molecular complexity index is 193. The van der Waals surface area contributed by atoms with Crippen molar-refractivity contribution in [1.82, 2.24) is 0 Å². The van der Waals surface area contributed by atoms with Crippen LogP contribution in [0.15, 0.2) is 24.3 Å². The quantitative estimate of drug-likeness (QED) is 0.584. The first kappa shape index (κ1) is 7.16. The summed E-state index contributed by atoms with van der Waals surface area (Å²) >= 11 is 0. The zero-order chi connectivity index (χ0) is 7.40. The Morgan fingerprint density at radius 3 is 2.90 bits per heavy atom. The van der Waals surface area contributed by atoms with Crippen LogP contribution < -0.4 is 4.65 Å². The second-order valence-electron chi connectivity index (χ2n) is 2.01. The molecule has 0 saturated carbocycles. The monoisotopic (exact) mass is 136 g/mol. The van der Waals surface area contributed by atoms with Gasteiger partial charge in [-0.3, -0.25) is 0 Å². The van der Waals surface area contributed by atoms with Gasteiger partial charge in [-0.1, -0.05) is 12.1 Å². The molecular weight excluding hydrogens is 127 g/mol. The Balaban J connectivity index is 2.87. The predicted octanol–water partition coefficient (Wildman–Crippen LogP) is 0.106. The zero-order valence-electron chi connectivity index (χ0n) is 5.87. The molecule has 0 unspecified atom stereocenters. The van der Waals surface area contributed by atoms with E-state index >= 15 is 0 Å². The van der Waals surface area contributed by atoms with Gasteiger partial charge in [0.25, 0.3) is 0 Å². The topological polar surface area (TPSA) is 29.5 Å². The van der Waals surface area contributed by atoms with Crippen molar-refractivity contribution < 1.29 is 9.76 Å². The number of rotatable bonds is 2. The van der Waals surface area contributed by atoms with Crippen LogP contribution in [0.3, 0.4) is 0 Å². The van der Waals surface area contributed by atoms with Crippen LogP contribution in [0.25, 0.3) is 0 Å². The third kappa shape index (κ3) is 1.51. The Labute approximate surface area is 60.9 Å². The Hall–Kier alpha value is -0.955. The van der Waals surface area contributed by atoms with Crippen LogP contribution in [0.1, 0.15) is 5.56 Å². The van der Waals surface area contributed by atoms with E-state index in [9.17, 15) is 0 Å². The van der Waals surface area contributed by atoms with Crippen molar-refractivity contribution in [2.24, 2.45) is 0 Å². The van der Waals surface area contributed by atoms with Gasteiger partial charge in [0, 0.05) is 0 Å². The van der Waals surface area contributed by atoms with E-state index in [0.29, 0.717) is 0 Å². The van der Waals surface area contributed by atoms with E-state index in [1.165, 1.54) is 0 Å². The Morgan fingerprint density at radius 1 is 1.50 bits per heavy atom. The number of hydrogen-bond acceptors (Lipinski definition) is 2. The van der Waals surface area contributed by atoms with E-state index in [1.54, 1.807) is 14.1 Å². The number of aliphatic hydroxyl groups is 1. The molecule has 0 amide bonds. The fraction of sp³-hybridized carbons (Fsp3) is 0.143. The van der Waals surface area contributed by atoms with Crippen molar-refractivity contribution in [3.8, 4) is 5.75 Å². The van der Waals surface area contributed by atoms with Gasteiger partial charge < -0.3 is 9.76 Å². The number of hydrogen-bond donors (Lipinski definition) is 1. The molecule has 3 heteroatoms. The summed E-state index contributed by atoms with van der Waals surface area (Å²) in [6.07, 6.45) is 0. The summed E-state index contributed by atoms with van der Waals surface area (Å²) in [6, 6.07) is 7.35. The van der Waals surface area contributed by atoms with Gasteiger partial charge in [0.1, 0.15) is 0 Å². The normalized spacial score (nSPS) is 9.30. The van der Waals surface area contributed by atoms with E-state index < -0.39 is 0 Å². The average molecular weight is 136 g/mol. The highest BCUT2D eigenvalue weighted by atomic mass is 16.4. The molecule has 1 aromatic rings. The molecule has 1 aromatic carbocycles. The lowest BCUT2D eigenvalue weighted by atomic mass is 10.2. The van der Waals surface area contributed by atoms with Crippen molar-refractivity contribution in [2.75, 3.05) is 0 Å². The highest BCUT2D eigenvalue weighted by Crippen LogP contribution is 2.11. The molecule has 1 N–H and O–H groups in total. The summed E-state index contributed by atoms with van der Waals surface area (Å²) < 4.78 is 4.95. The lowest BCUT2D eigenvalue weighted by Crippen LogP contribution is -1.87. The van der Waals surface area contributed by atoms with E-state index in [4.69, 9.17) is 9.76 Å². The van der Waals surface area contributed by atoms with Crippen molar-refractivity contribution >= 4 is 8.05 Å². The molecule has 1 rings (SSSR count). The molecule has 0 aromatic heterocycles. The first-order valence-corrected chi connectivity index (χ1v) is 3.10. The zero-order valence-corrected chi connectivity index (χ0v) is 5.87. The highest BCUT2D eigenvalue weighted by Gasteiger charge is 1.90. The van der Waals surface area contributed by atoms with Gasteiger partial charge in [0.15, 0.2) is 0 Å². The first-order chi connectivity index (χ1) is 4.86. The maximum atomic E-state index is 8.70. The lowest BCUT2D eigenvalue weighted by molar-refractivity contribution is 0.281. The van der Waals surface area contributed by atoms with Crippen LogP contribution >= 0.6 is 0 Å². The molecule has 52 valence electrons. The van der Waals surface area contributed by atoms with E-state index in [1.807, 2.05) is 18.2 Å². The molecule has 0 spiro atoms. The number of aliphatic hydroxyl groups excluding tert-OH is 1. The van der Waals surface area contributed by atoms with Crippen LogP contribution in [0.2, 0.25) is 0 Å². The van der Waals surface area contributed by atoms with E-state index in [0.717, 1.165) is 11.3 Å². The fourth-order valence-electron chi connectivity index (χ4n) is 0.771. The largest absolute Gasteiger partial charge is 0.568 e. The molecule has 0 aliphatic rings. The van der Waals surface area contributed by atoms with Crippen LogP contribution in [-0.4, -0.2) is 13.2 Å². The van der Waals surface area contributed by atoms with Crippen molar-refractivity contribution in [3.63, 3.8) is 0 Å². The summed E-state index contributed by atoms with van der Waals surface area (Å²) in [7, 11) is 1.61. The average Bonchev–Trinajstić information content (AvgIpc) is 2.05. The lowest BCUT2D eigenvalue weighted by Gasteiger charge is -2.00. The molecular formula is C7H9BO2. The minimum atomic E-state index is 0.0667. The summed E-state index contributed by atoms with van der Waals surface area (Å²) in [4.78, 5) is 0. The van der Waals surface area contributed by atoms with Gasteiger partial charge >= 0.3 is 8.05 Å². The molecule has 0 radical (unpaired) electrons. The SMILES string of the molecule is BOc1cccc(CO)c1. The fourth-order valence-corrected chi connectivity index (χ4v) is 0.771. The molecule has 0 fully saturated rings. The van der Waals surface area contributed by atoms with Crippen LogP contribution in [0, 0.1) is 0 Å². The molecule has 10 heavy (non-hydrogen) atoms. The molecule has 0 bridgehead atoms. The molecule has 0 aliphatic carbocycles. The standard InChI is InChI=1S/C7H9BO2/c8-10-7-3-1-2-6(4-7)5-9/h1-4,9H,5,8H2. The summed E-state index contributed by atoms with van der Waals surface area (Å²) in [5, 5.41) is 8.70. The van der Waals surface area contributed by atoms with E-state index in [2.05, 4.69) is 0 Å². The third-order valence-corrected chi connectivity index (χ3v) is 1.32. The highest BCUT2D eigenvalue weighted by molar-refractivity contribution is 5.99. The van der Waals surface area contributed by atoms with Crippen molar-refractivity contribution in [3.05, 3.63) is 29.8 Å². The van der Waals surface area contributed by atoms with Crippen LogP contribution in [0.5, 0.6) is 5.75 Å². The molecule has 0 aliphatic heterocycles. The van der Waals surface area contributed by atoms with Gasteiger partial charge in [0.05, 0.1) is 12.4 Å². The van der Waals surface area contributed by atoms with Gasteiger partial charge in [0.2, 0.25) is 0 Å². The Morgan fingerprint density at radius 2 is 2.30 bits per heavy atom. The van der Waals surface area contributed by atoms with Gasteiger partial charge in [-0.05, 0) is 17.7 Å². The van der Waals surface area contributed by atoms with Crippen LogP contribution in [0.4, 0.5) is 0 Å². The third-order valence-electron chi connectivity index (χ3n) is 1.32. The predicted molar refractivity (Wildman–Crippen MR) is 41.5 cm³/mol. The summed E-state index contributed by atoms with van der Waals surface area (Å²) in [6.45, 7) is 0.0667. The maximum absolute atomic E-state index is 8.70. The molecule has 2 nitrogen and oxygen atoms in total. The van der Waals surface area contributed by atoms with Crippen molar-refractivity contribution in [1.29, 1.82) is 0 Å². The smallest absolute Gasteiger partial charge is 0.322 e. The summed E-state index contributed by atoms with van der Waals surface area (Å²) in [5.41, 5.74) is 0.874. The summed E-state index contributed by atoms with van der Waals surface area (Å²) in [5.74, 6) is 0.784. The minimum Gasteiger partial charge on any atom is -0.568 e. The second kappa shape index (κ2) is 3.27. The molecule has 0 saturated heterocycles. The second-order valence-corrected chi connectivity index (χ2v) is 2.01. The number of benzene rings is 1. The van der Waals surface area contributed by atoms with Gasteiger partial charge in [-0.25, -0.2) is 0 Å². The first-order valence-electron chi connectivity index (χ1n) is 3.10. The van der Waals surface area contributed by atoms with E-state index in [-0.39, 0.29) is 6.61 Å². The molecule has 0 atom stereocenters. The van der Waals surface area contributed by atoms with Crippen molar-refractivity contribution in [2.45, 2.75) is 6.61 Å². The minimum absolute atomic E-state index is 0.0667. The van der Waals surface area contributed by atoms with Crippen LogP contribution in [-0.2, 0) is 6.61 Å². The van der Waals surface area contributed by atoms with Gasteiger partial charge in [-0.15, -0.1) is 0 Å². The molecule has 0 heterocycles. The Kier molecular flexibility index (Phi) is 2.34. The van der Waals surface area contributed by atoms with Gasteiger partial charge in [-0.2, -0.15) is 0 Å².